The van der Waals surface area contributed by atoms with Crippen molar-refractivity contribution in [3.8, 4) is 16.9 Å². The molecule has 0 amide bonds. The van der Waals surface area contributed by atoms with Crippen molar-refractivity contribution in [2.75, 3.05) is 12.8 Å². The Balaban J connectivity index is 2.92. The molecule has 5 nitrogen and oxygen atoms in total. The number of benzene rings is 2. The van der Waals surface area contributed by atoms with E-state index in [0.717, 1.165) is 7.11 Å². The first-order valence-corrected chi connectivity index (χ1v) is 6.70. The first kappa shape index (κ1) is 15.4. The molecule has 0 spiro atoms. The quantitative estimate of drug-likeness (QED) is 0.365. The van der Waals surface area contributed by atoms with Gasteiger partial charge in [0.05, 0.1) is 12.0 Å². The van der Waals surface area contributed by atoms with Gasteiger partial charge in [0.25, 0.3) is 0 Å². The van der Waals surface area contributed by atoms with Crippen LogP contribution < -0.4 is 10.5 Å². The van der Waals surface area contributed by atoms with Gasteiger partial charge in [-0.1, -0.05) is 0 Å². The molecule has 0 aliphatic carbocycles. The summed E-state index contributed by atoms with van der Waals surface area (Å²) in [7, 11) is 1.14. The van der Waals surface area contributed by atoms with Gasteiger partial charge in [0.2, 0.25) is 5.75 Å². The van der Waals surface area contributed by atoms with Crippen LogP contribution in [0.2, 0.25) is 0 Å². The molecule has 0 aliphatic rings. The third-order valence-electron chi connectivity index (χ3n) is 2.84. The van der Waals surface area contributed by atoms with Crippen LogP contribution in [0.25, 0.3) is 11.1 Å². The molecular weight excluding hydrogens is 397 g/mol. The third-order valence-corrected chi connectivity index (χ3v) is 3.52. The van der Waals surface area contributed by atoms with Crippen molar-refractivity contribution >= 4 is 34.0 Å². The number of halogens is 3. The molecule has 21 heavy (non-hydrogen) atoms. The zero-order valence-corrected chi connectivity index (χ0v) is 12.9. The first-order chi connectivity index (χ1) is 9.86. The van der Waals surface area contributed by atoms with E-state index in [1.165, 1.54) is 12.1 Å². The molecular formula is C13H9F2IN2O3. The normalized spacial score (nSPS) is 10.5. The predicted molar refractivity (Wildman–Crippen MR) is 82.1 cm³/mol. The SMILES string of the molecule is COc1cc(F)c(F)c(-c2cc(I)ccc2N)c1[N+](=O)[O-]. The average molecular weight is 406 g/mol. The van der Waals surface area contributed by atoms with Crippen LogP contribution >= 0.6 is 22.6 Å². The summed E-state index contributed by atoms with van der Waals surface area (Å²) >= 11 is 1.94. The number of nitrogens with two attached hydrogens (primary N) is 1. The fourth-order valence-corrected chi connectivity index (χ4v) is 2.41. The van der Waals surface area contributed by atoms with E-state index in [9.17, 15) is 18.9 Å². The van der Waals surface area contributed by atoms with Crippen molar-refractivity contribution in [2.45, 2.75) is 0 Å². The van der Waals surface area contributed by atoms with Gasteiger partial charge in [-0.25, -0.2) is 8.78 Å². The molecule has 2 aromatic carbocycles. The second-order valence-electron chi connectivity index (χ2n) is 4.09. The van der Waals surface area contributed by atoms with Crippen molar-refractivity contribution in [3.63, 3.8) is 0 Å². The van der Waals surface area contributed by atoms with Crippen LogP contribution in [-0.2, 0) is 0 Å². The fraction of sp³-hybridized carbons (Fsp3) is 0.0769. The molecule has 8 heteroatoms. The van der Waals surface area contributed by atoms with E-state index in [2.05, 4.69) is 0 Å². The summed E-state index contributed by atoms with van der Waals surface area (Å²) in [5.74, 6) is -2.95. The minimum atomic E-state index is -1.34. The third kappa shape index (κ3) is 2.75. The number of rotatable bonds is 3. The van der Waals surface area contributed by atoms with E-state index in [1.54, 1.807) is 6.07 Å². The molecule has 0 heterocycles. The maximum absolute atomic E-state index is 14.1. The smallest absolute Gasteiger partial charge is 0.321 e. The van der Waals surface area contributed by atoms with Gasteiger partial charge < -0.3 is 10.5 Å². The zero-order valence-electron chi connectivity index (χ0n) is 10.7. The van der Waals surface area contributed by atoms with Gasteiger partial charge in [-0.3, -0.25) is 10.1 Å². The Morgan fingerprint density at radius 3 is 2.57 bits per heavy atom. The van der Waals surface area contributed by atoms with Crippen LogP contribution in [0.4, 0.5) is 20.2 Å². The van der Waals surface area contributed by atoms with E-state index < -0.39 is 27.8 Å². The van der Waals surface area contributed by atoms with Crippen LogP contribution in [-0.4, -0.2) is 12.0 Å². The van der Waals surface area contributed by atoms with Gasteiger partial charge in [-0.15, -0.1) is 0 Å². The Labute approximate surface area is 132 Å². The molecule has 2 aromatic rings. The number of hydrogen-bond acceptors (Lipinski definition) is 4. The van der Waals surface area contributed by atoms with Gasteiger partial charge in [0.1, 0.15) is 5.56 Å². The lowest BCUT2D eigenvalue weighted by atomic mass is 10.0. The second kappa shape index (κ2) is 5.80. The highest BCUT2D eigenvalue weighted by Gasteiger charge is 2.30. The average Bonchev–Trinajstić information content (AvgIpc) is 2.43. The summed E-state index contributed by atoms with van der Waals surface area (Å²) in [4.78, 5) is 10.4. The second-order valence-corrected chi connectivity index (χ2v) is 5.33. The molecule has 0 aromatic heterocycles. The molecule has 0 radical (unpaired) electrons. The van der Waals surface area contributed by atoms with Gasteiger partial charge in [-0.2, -0.15) is 0 Å². The molecule has 0 aliphatic heterocycles. The highest BCUT2D eigenvalue weighted by Crippen LogP contribution is 2.43. The minimum absolute atomic E-state index is 0.0453. The molecule has 0 saturated heterocycles. The highest BCUT2D eigenvalue weighted by atomic mass is 127. The van der Waals surface area contributed by atoms with Crippen LogP contribution in [0.3, 0.4) is 0 Å². The van der Waals surface area contributed by atoms with Gasteiger partial charge in [0, 0.05) is 20.9 Å². The molecule has 110 valence electrons. The predicted octanol–water partition coefficient (Wildman–Crippen LogP) is 3.74. The Morgan fingerprint density at radius 2 is 2.00 bits per heavy atom. The van der Waals surface area contributed by atoms with Crippen LogP contribution in [0, 0.1) is 25.3 Å². The standard InChI is InChI=1S/C13H9F2IN2O3/c1-21-10-5-8(14)12(15)11(13(10)18(19)20)7-4-6(16)2-3-9(7)17/h2-5H,17H2,1H3. The van der Waals surface area contributed by atoms with Gasteiger partial charge in [0.15, 0.2) is 11.6 Å². The summed E-state index contributed by atoms with van der Waals surface area (Å²) < 4.78 is 33.3. The Hall–Kier alpha value is -1.97. The van der Waals surface area contributed by atoms with Crippen LogP contribution in [0.5, 0.6) is 5.75 Å². The van der Waals surface area contributed by atoms with E-state index in [1.807, 2.05) is 22.6 Å². The number of nitrogens with zero attached hydrogens (tertiary/aromatic N) is 1. The molecule has 2 rings (SSSR count). The summed E-state index contributed by atoms with van der Waals surface area (Å²) in [5.41, 5.74) is 4.71. The topological polar surface area (TPSA) is 78.4 Å². The molecule has 0 bridgehead atoms. The molecule has 0 atom stereocenters. The maximum Gasteiger partial charge on any atom is 0.321 e. The summed E-state index contributed by atoms with van der Waals surface area (Å²) in [6.07, 6.45) is 0. The molecule has 0 unspecified atom stereocenters. The summed E-state index contributed by atoms with van der Waals surface area (Å²) in [5, 5.41) is 11.2. The molecule has 0 saturated carbocycles. The molecule has 0 fully saturated rings. The van der Waals surface area contributed by atoms with E-state index in [-0.39, 0.29) is 17.0 Å². The van der Waals surface area contributed by atoms with Crippen molar-refractivity contribution in [3.05, 3.63) is 49.6 Å². The number of hydrogen-bond donors (Lipinski definition) is 1. The highest BCUT2D eigenvalue weighted by molar-refractivity contribution is 14.1. The largest absolute Gasteiger partial charge is 0.490 e. The Morgan fingerprint density at radius 1 is 1.33 bits per heavy atom. The lowest BCUT2D eigenvalue weighted by Crippen LogP contribution is -2.03. The van der Waals surface area contributed by atoms with Crippen molar-refractivity contribution in [2.24, 2.45) is 0 Å². The van der Waals surface area contributed by atoms with E-state index >= 15 is 0 Å². The molecule has 2 N–H and O–H groups in total. The lowest BCUT2D eigenvalue weighted by molar-refractivity contribution is -0.385. The summed E-state index contributed by atoms with van der Waals surface area (Å²) in [6.45, 7) is 0. The van der Waals surface area contributed by atoms with Crippen LogP contribution in [0.15, 0.2) is 24.3 Å². The number of nitro benzene ring substituents is 1. The Kier molecular flexibility index (Phi) is 4.26. The number of nitro groups is 1. The minimum Gasteiger partial charge on any atom is -0.490 e. The van der Waals surface area contributed by atoms with Crippen molar-refractivity contribution in [1.82, 2.24) is 0 Å². The van der Waals surface area contributed by atoms with E-state index in [4.69, 9.17) is 10.5 Å². The van der Waals surface area contributed by atoms with Crippen molar-refractivity contribution < 1.29 is 18.4 Å². The lowest BCUT2D eigenvalue weighted by Gasteiger charge is -2.11. The number of nitrogen functional groups attached to an aromatic ring is 1. The number of methoxy groups -OCH3 is 1. The summed E-state index contributed by atoms with van der Waals surface area (Å²) in [6, 6.07) is 5.21. The Bertz CT molecular complexity index is 738. The number of ether oxygens (including phenoxy) is 1. The maximum atomic E-state index is 14.1. The van der Waals surface area contributed by atoms with E-state index in [0.29, 0.717) is 9.64 Å². The first-order valence-electron chi connectivity index (χ1n) is 5.62. The fourth-order valence-electron chi connectivity index (χ4n) is 1.92. The van der Waals surface area contributed by atoms with Crippen molar-refractivity contribution in [1.29, 1.82) is 0 Å². The zero-order chi connectivity index (χ0) is 15.7. The van der Waals surface area contributed by atoms with Crippen LogP contribution in [0.1, 0.15) is 0 Å². The van der Waals surface area contributed by atoms with Gasteiger partial charge in [-0.05, 0) is 40.8 Å². The van der Waals surface area contributed by atoms with Gasteiger partial charge >= 0.3 is 5.69 Å². The monoisotopic (exact) mass is 406 g/mol. The number of anilines is 1.